The van der Waals surface area contributed by atoms with Crippen LogP contribution in [-0.4, -0.2) is 47.7 Å². The third-order valence-corrected chi connectivity index (χ3v) is 3.93. The maximum absolute atomic E-state index is 12.7. The first-order valence-corrected chi connectivity index (χ1v) is 8.30. The van der Waals surface area contributed by atoms with Gasteiger partial charge in [-0.3, -0.25) is 9.78 Å². The molecule has 1 aromatic heterocycles. The number of hydrogen-bond donors (Lipinski definition) is 0. The van der Waals surface area contributed by atoms with Crippen LogP contribution in [0.25, 0.3) is 0 Å². The fraction of sp³-hybridized carbons (Fsp3) is 0.667. The van der Waals surface area contributed by atoms with Crippen LogP contribution in [0.15, 0.2) is 18.5 Å². The predicted molar refractivity (Wildman–Crippen MR) is 89.7 cm³/mol. The Kier molecular flexibility index (Phi) is 5.63. The molecule has 0 aliphatic carbocycles. The summed E-state index contributed by atoms with van der Waals surface area (Å²) in [7, 11) is 0. The molecule has 1 aromatic rings. The van der Waals surface area contributed by atoms with E-state index >= 15 is 0 Å². The second-order valence-corrected chi connectivity index (χ2v) is 7.38. The standard InChI is InChI=1S/C18H28N2O3/c1-13(2)23-15-10-14(11-19-12-15)17(21)20-7-6-16(18(3,4)5)22-9-8-20/h10-13,16H,6-9H2,1-5H3. The van der Waals surface area contributed by atoms with E-state index in [1.54, 1.807) is 18.5 Å². The Bertz CT molecular complexity index is 537. The van der Waals surface area contributed by atoms with Crippen LogP contribution in [0.1, 0.15) is 51.4 Å². The second kappa shape index (κ2) is 7.30. The van der Waals surface area contributed by atoms with Crippen LogP contribution in [-0.2, 0) is 4.74 Å². The molecule has 1 unspecified atom stereocenters. The molecule has 0 aromatic carbocycles. The molecule has 0 N–H and O–H groups in total. The van der Waals surface area contributed by atoms with Gasteiger partial charge in [0.1, 0.15) is 5.75 Å². The first kappa shape index (κ1) is 17.7. The van der Waals surface area contributed by atoms with Crippen molar-refractivity contribution >= 4 is 5.91 Å². The van der Waals surface area contributed by atoms with Gasteiger partial charge in [0, 0.05) is 19.3 Å². The van der Waals surface area contributed by atoms with Crippen LogP contribution < -0.4 is 4.74 Å². The van der Waals surface area contributed by atoms with E-state index in [0.29, 0.717) is 31.0 Å². The Morgan fingerprint density at radius 2 is 2.09 bits per heavy atom. The fourth-order valence-corrected chi connectivity index (χ4v) is 2.71. The predicted octanol–water partition coefficient (Wildman–Crippen LogP) is 3.15. The van der Waals surface area contributed by atoms with Crippen molar-refractivity contribution in [3.8, 4) is 5.75 Å². The zero-order chi connectivity index (χ0) is 17.0. The Morgan fingerprint density at radius 3 is 2.74 bits per heavy atom. The molecule has 0 spiro atoms. The summed E-state index contributed by atoms with van der Waals surface area (Å²) < 4.78 is 11.5. The molecule has 1 aliphatic heterocycles. The summed E-state index contributed by atoms with van der Waals surface area (Å²) in [6.45, 7) is 12.3. The Balaban J connectivity index is 2.06. The van der Waals surface area contributed by atoms with Gasteiger partial charge in [0.05, 0.1) is 30.6 Å². The average molecular weight is 320 g/mol. The van der Waals surface area contributed by atoms with Crippen LogP contribution in [0, 0.1) is 5.41 Å². The van der Waals surface area contributed by atoms with Gasteiger partial charge in [-0.15, -0.1) is 0 Å². The van der Waals surface area contributed by atoms with E-state index in [1.807, 2.05) is 18.7 Å². The van der Waals surface area contributed by atoms with Crippen LogP contribution in [0.4, 0.5) is 0 Å². The van der Waals surface area contributed by atoms with E-state index in [1.165, 1.54) is 0 Å². The van der Waals surface area contributed by atoms with Crippen molar-refractivity contribution in [1.82, 2.24) is 9.88 Å². The molecule has 1 atom stereocenters. The molecule has 23 heavy (non-hydrogen) atoms. The summed E-state index contributed by atoms with van der Waals surface area (Å²) in [5.41, 5.74) is 0.656. The number of pyridine rings is 1. The molecule has 5 nitrogen and oxygen atoms in total. The first-order valence-electron chi connectivity index (χ1n) is 8.30. The van der Waals surface area contributed by atoms with Crippen molar-refractivity contribution in [3.63, 3.8) is 0 Å². The van der Waals surface area contributed by atoms with Crippen LogP contribution in [0.3, 0.4) is 0 Å². The number of carbonyl (C=O) groups excluding carboxylic acids is 1. The summed E-state index contributed by atoms with van der Waals surface area (Å²) in [4.78, 5) is 18.7. The van der Waals surface area contributed by atoms with E-state index < -0.39 is 0 Å². The molecule has 1 fully saturated rings. The van der Waals surface area contributed by atoms with E-state index in [2.05, 4.69) is 25.8 Å². The summed E-state index contributed by atoms with van der Waals surface area (Å²) in [5, 5.41) is 0. The van der Waals surface area contributed by atoms with Gasteiger partial charge in [-0.25, -0.2) is 0 Å². The van der Waals surface area contributed by atoms with Crippen molar-refractivity contribution in [2.24, 2.45) is 5.41 Å². The highest BCUT2D eigenvalue weighted by atomic mass is 16.5. The fourth-order valence-electron chi connectivity index (χ4n) is 2.71. The lowest BCUT2D eigenvalue weighted by Gasteiger charge is -2.29. The van der Waals surface area contributed by atoms with Gasteiger partial charge < -0.3 is 14.4 Å². The summed E-state index contributed by atoms with van der Waals surface area (Å²) >= 11 is 0. The highest BCUT2D eigenvalue weighted by Crippen LogP contribution is 2.27. The lowest BCUT2D eigenvalue weighted by atomic mass is 9.87. The SMILES string of the molecule is CC(C)Oc1cncc(C(=O)N2CCOC(C(C)(C)C)CC2)c1. The molecule has 0 radical (unpaired) electrons. The summed E-state index contributed by atoms with van der Waals surface area (Å²) in [6.07, 6.45) is 4.32. The summed E-state index contributed by atoms with van der Waals surface area (Å²) in [6, 6.07) is 1.77. The Hall–Kier alpha value is -1.62. The lowest BCUT2D eigenvalue weighted by Crippen LogP contribution is -2.34. The molecule has 128 valence electrons. The van der Waals surface area contributed by atoms with Gasteiger partial charge in [0.25, 0.3) is 5.91 Å². The number of amides is 1. The Morgan fingerprint density at radius 1 is 1.35 bits per heavy atom. The van der Waals surface area contributed by atoms with E-state index in [-0.39, 0.29) is 23.5 Å². The minimum absolute atomic E-state index is 0.00938. The number of ether oxygens (including phenoxy) is 2. The molecule has 2 heterocycles. The van der Waals surface area contributed by atoms with E-state index in [9.17, 15) is 4.79 Å². The van der Waals surface area contributed by atoms with Crippen molar-refractivity contribution in [1.29, 1.82) is 0 Å². The quantitative estimate of drug-likeness (QED) is 0.858. The largest absolute Gasteiger partial charge is 0.489 e. The maximum Gasteiger partial charge on any atom is 0.255 e. The third-order valence-electron chi connectivity index (χ3n) is 3.93. The summed E-state index contributed by atoms with van der Waals surface area (Å²) in [5.74, 6) is 0.620. The van der Waals surface area contributed by atoms with Gasteiger partial charge >= 0.3 is 0 Å². The molecule has 1 aliphatic rings. The lowest BCUT2D eigenvalue weighted by molar-refractivity contribution is -0.00973. The number of hydrogen-bond acceptors (Lipinski definition) is 4. The van der Waals surface area contributed by atoms with Gasteiger partial charge in [-0.1, -0.05) is 20.8 Å². The topological polar surface area (TPSA) is 51.7 Å². The van der Waals surface area contributed by atoms with E-state index in [0.717, 1.165) is 6.42 Å². The van der Waals surface area contributed by atoms with Crippen molar-refractivity contribution in [2.75, 3.05) is 19.7 Å². The zero-order valence-corrected chi connectivity index (χ0v) is 14.8. The highest BCUT2D eigenvalue weighted by Gasteiger charge is 2.29. The normalized spacial score (nSPS) is 19.6. The van der Waals surface area contributed by atoms with Gasteiger partial charge in [-0.05, 0) is 31.7 Å². The minimum atomic E-state index is -0.00938. The maximum atomic E-state index is 12.7. The van der Waals surface area contributed by atoms with Gasteiger partial charge in [0.15, 0.2) is 0 Å². The Labute approximate surface area is 139 Å². The van der Waals surface area contributed by atoms with Gasteiger partial charge in [-0.2, -0.15) is 0 Å². The van der Waals surface area contributed by atoms with Crippen molar-refractivity contribution < 1.29 is 14.3 Å². The molecule has 0 bridgehead atoms. The molecular weight excluding hydrogens is 292 g/mol. The molecule has 5 heteroatoms. The van der Waals surface area contributed by atoms with Crippen molar-refractivity contribution in [3.05, 3.63) is 24.0 Å². The average Bonchev–Trinajstić information content (AvgIpc) is 2.71. The van der Waals surface area contributed by atoms with Crippen LogP contribution >= 0.6 is 0 Å². The molecule has 2 rings (SSSR count). The molecule has 1 amide bonds. The van der Waals surface area contributed by atoms with E-state index in [4.69, 9.17) is 9.47 Å². The van der Waals surface area contributed by atoms with Gasteiger partial charge in [0.2, 0.25) is 0 Å². The third kappa shape index (κ3) is 4.93. The number of nitrogens with zero attached hydrogens (tertiary/aromatic N) is 2. The van der Waals surface area contributed by atoms with Crippen LogP contribution in [0.2, 0.25) is 0 Å². The monoisotopic (exact) mass is 320 g/mol. The van der Waals surface area contributed by atoms with Crippen molar-refractivity contribution in [2.45, 2.75) is 53.2 Å². The first-order chi connectivity index (χ1) is 10.8. The second-order valence-electron chi connectivity index (χ2n) is 7.38. The number of aromatic nitrogens is 1. The molecule has 0 saturated carbocycles. The minimum Gasteiger partial charge on any atom is -0.489 e. The zero-order valence-electron chi connectivity index (χ0n) is 14.8. The molecule has 1 saturated heterocycles. The van der Waals surface area contributed by atoms with Crippen LogP contribution in [0.5, 0.6) is 5.75 Å². The molecular formula is C18H28N2O3. The number of rotatable bonds is 3. The smallest absolute Gasteiger partial charge is 0.255 e. The highest BCUT2D eigenvalue weighted by molar-refractivity contribution is 5.94. The number of carbonyl (C=O) groups is 1.